The first-order valence-corrected chi connectivity index (χ1v) is 5.70. The van der Waals surface area contributed by atoms with Gasteiger partial charge < -0.3 is 11.5 Å². The molecule has 1 unspecified atom stereocenters. The summed E-state index contributed by atoms with van der Waals surface area (Å²) in [6.45, 7) is 1.95. The highest BCUT2D eigenvalue weighted by atomic mass is 16.1. The van der Waals surface area contributed by atoms with Crippen LogP contribution >= 0.6 is 0 Å². The predicted octanol–water partition coefficient (Wildman–Crippen LogP) is 1.55. The summed E-state index contributed by atoms with van der Waals surface area (Å²) in [6.07, 6.45) is 7.71. The molecule has 14 heavy (non-hydrogen) atoms. The van der Waals surface area contributed by atoms with Gasteiger partial charge in [-0.05, 0) is 25.2 Å². The van der Waals surface area contributed by atoms with Crippen LogP contribution in [-0.4, -0.2) is 11.4 Å². The molecule has 1 amide bonds. The van der Waals surface area contributed by atoms with E-state index in [9.17, 15) is 4.79 Å². The molecule has 1 atom stereocenters. The number of hydrogen-bond donors (Lipinski definition) is 2. The number of hydrogen-bond acceptors (Lipinski definition) is 2. The summed E-state index contributed by atoms with van der Waals surface area (Å²) in [6, 6.07) is 0. The highest BCUT2D eigenvalue weighted by Crippen LogP contribution is 2.32. The Labute approximate surface area is 86.2 Å². The maximum atomic E-state index is 11.4. The van der Waals surface area contributed by atoms with Crippen LogP contribution in [0.1, 0.15) is 51.9 Å². The molecule has 1 aliphatic carbocycles. The van der Waals surface area contributed by atoms with Crippen molar-refractivity contribution in [2.75, 3.05) is 0 Å². The first kappa shape index (κ1) is 11.5. The predicted molar refractivity (Wildman–Crippen MR) is 57.6 cm³/mol. The maximum absolute atomic E-state index is 11.4. The zero-order valence-corrected chi connectivity index (χ0v) is 9.09. The highest BCUT2D eigenvalue weighted by molar-refractivity contribution is 5.84. The fraction of sp³-hybridized carbons (Fsp3) is 0.909. The zero-order chi connectivity index (χ0) is 10.6. The number of amides is 1. The zero-order valence-electron chi connectivity index (χ0n) is 9.09. The molecule has 0 radical (unpaired) electrons. The molecule has 1 fully saturated rings. The summed E-state index contributed by atoms with van der Waals surface area (Å²) in [4.78, 5) is 11.4. The second-order valence-electron chi connectivity index (χ2n) is 4.45. The van der Waals surface area contributed by atoms with Gasteiger partial charge in [-0.25, -0.2) is 0 Å². The van der Waals surface area contributed by atoms with Crippen LogP contribution in [0.4, 0.5) is 0 Å². The minimum Gasteiger partial charge on any atom is -0.368 e. The van der Waals surface area contributed by atoms with Crippen molar-refractivity contribution < 1.29 is 4.79 Å². The summed E-state index contributed by atoms with van der Waals surface area (Å²) in [5.74, 6) is -0.0283. The summed E-state index contributed by atoms with van der Waals surface area (Å²) < 4.78 is 0. The van der Waals surface area contributed by atoms with Crippen molar-refractivity contribution in [3.8, 4) is 0 Å². The summed E-state index contributed by atoms with van der Waals surface area (Å²) in [7, 11) is 0. The van der Waals surface area contributed by atoms with E-state index >= 15 is 0 Å². The molecule has 0 aromatic carbocycles. The van der Waals surface area contributed by atoms with Crippen molar-refractivity contribution in [2.45, 2.75) is 57.4 Å². The minimum atomic E-state index is -0.760. The Hall–Kier alpha value is -0.570. The third-order valence-corrected chi connectivity index (χ3v) is 3.63. The number of carbonyl (C=O) groups excluding carboxylic acids is 1. The quantitative estimate of drug-likeness (QED) is 0.675. The van der Waals surface area contributed by atoms with Gasteiger partial charge in [0.1, 0.15) is 0 Å². The van der Waals surface area contributed by atoms with Crippen molar-refractivity contribution in [2.24, 2.45) is 17.4 Å². The minimum absolute atomic E-state index is 0.299. The SMILES string of the molecule is CCC(N)(C(N)=O)C1CCCCCC1. The van der Waals surface area contributed by atoms with Crippen LogP contribution in [0.5, 0.6) is 0 Å². The second-order valence-corrected chi connectivity index (χ2v) is 4.45. The second kappa shape index (κ2) is 4.78. The third kappa shape index (κ3) is 2.27. The molecule has 4 N–H and O–H groups in total. The van der Waals surface area contributed by atoms with Gasteiger partial charge in [0.25, 0.3) is 0 Å². The van der Waals surface area contributed by atoms with Crippen molar-refractivity contribution in [3.63, 3.8) is 0 Å². The molecule has 0 aromatic rings. The largest absolute Gasteiger partial charge is 0.368 e. The fourth-order valence-corrected chi connectivity index (χ4v) is 2.46. The van der Waals surface area contributed by atoms with E-state index in [1.807, 2.05) is 6.92 Å². The molecule has 0 saturated heterocycles. The average Bonchev–Trinajstić information content (AvgIpc) is 2.44. The van der Waals surface area contributed by atoms with E-state index in [4.69, 9.17) is 11.5 Å². The number of rotatable bonds is 3. The summed E-state index contributed by atoms with van der Waals surface area (Å²) in [5.41, 5.74) is 10.7. The van der Waals surface area contributed by atoms with Gasteiger partial charge in [0.2, 0.25) is 5.91 Å². The number of primary amides is 1. The lowest BCUT2D eigenvalue weighted by atomic mass is 9.77. The van der Waals surface area contributed by atoms with Crippen LogP contribution in [-0.2, 0) is 4.79 Å². The Morgan fingerprint density at radius 3 is 2.14 bits per heavy atom. The van der Waals surface area contributed by atoms with Crippen LogP contribution in [0.2, 0.25) is 0 Å². The normalized spacial score (nSPS) is 23.9. The molecule has 3 heteroatoms. The molecule has 0 spiro atoms. The first-order valence-electron chi connectivity index (χ1n) is 5.70. The molecule has 3 nitrogen and oxygen atoms in total. The molecule has 82 valence electrons. The average molecular weight is 198 g/mol. The van der Waals surface area contributed by atoms with Gasteiger partial charge in [-0.1, -0.05) is 32.6 Å². The molecular weight excluding hydrogens is 176 g/mol. The maximum Gasteiger partial charge on any atom is 0.237 e. The highest BCUT2D eigenvalue weighted by Gasteiger charge is 2.38. The fourth-order valence-electron chi connectivity index (χ4n) is 2.46. The Bertz CT molecular complexity index is 197. The Morgan fingerprint density at radius 1 is 1.29 bits per heavy atom. The molecule has 0 aliphatic heterocycles. The van der Waals surface area contributed by atoms with Gasteiger partial charge in [0, 0.05) is 0 Å². The van der Waals surface area contributed by atoms with Crippen LogP contribution < -0.4 is 11.5 Å². The van der Waals surface area contributed by atoms with Crippen LogP contribution in [0.15, 0.2) is 0 Å². The Morgan fingerprint density at radius 2 is 1.79 bits per heavy atom. The van der Waals surface area contributed by atoms with Crippen molar-refractivity contribution in [1.82, 2.24) is 0 Å². The van der Waals surface area contributed by atoms with E-state index in [1.165, 1.54) is 25.7 Å². The van der Waals surface area contributed by atoms with Crippen molar-refractivity contribution in [3.05, 3.63) is 0 Å². The smallest absolute Gasteiger partial charge is 0.237 e. The summed E-state index contributed by atoms with van der Waals surface area (Å²) in [5, 5.41) is 0. The van der Waals surface area contributed by atoms with E-state index < -0.39 is 5.54 Å². The van der Waals surface area contributed by atoms with Crippen LogP contribution in [0.3, 0.4) is 0 Å². The number of nitrogens with two attached hydrogens (primary N) is 2. The third-order valence-electron chi connectivity index (χ3n) is 3.63. The molecule has 0 bridgehead atoms. The molecule has 0 aromatic heterocycles. The van der Waals surface area contributed by atoms with E-state index in [-0.39, 0.29) is 5.91 Å². The van der Waals surface area contributed by atoms with Crippen LogP contribution in [0, 0.1) is 5.92 Å². The monoisotopic (exact) mass is 198 g/mol. The van der Waals surface area contributed by atoms with E-state index in [2.05, 4.69) is 0 Å². The van der Waals surface area contributed by atoms with E-state index in [0.717, 1.165) is 12.8 Å². The molecule has 1 saturated carbocycles. The van der Waals surface area contributed by atoms with Crippen molar-refractivity contribution in [1.29, 1.82) is 0 Å². The molecule has 1 aliphatic rings. The van der Waals surface area contributed by atoms with Gasteiger partial charge in [0.15, 0.2) is 0 Å². The standard InChI is InChI=1S/C11H22N2O/c1-2-11(13,10(12)14)9-7-5-3-4-6-8-9/h9H,2-8,13H2,1H3,(H2,12,14). The van der Waals surface area contributed by atoms with Crippen LogP contribution in [0.25, 0.3) is 0 Å². The van der Waals surface area contributed by atoms with Gasteiger partial charge in [-0.3, -0.25) is 4.79 Å². The van der Waals surface area contributed by atoms with Crippen molar-refractivity contribution >= 4 is 5.91 Å². The molecule has 1 rings (SSSR count). The Balaban J connectivity index is 2.71. The van der Waals surface area contributed by atoms with E-state index in [0.29, 0.717) is 12.3 Å². The van der Waals surface area contributed by atoms with Gasteiger partial charge in [-0.15, -0.1) is 0 Å². The lowest BCUT2D eigenvalue weighted by molar-refractivity contribution is -0.125. The molecule has 0 heterocycles. The Kier molecular flexibility index (Phi) is 3.93. The lowest BCUT2D eigenvalue weighted by Gasteiger charge is -2.33. The first-order chi connectivity index (χ1) is 6.61. The van der Waals surface area contributed by atoms with E-state index in [1.54, 1.807) is 0 Å². The lowest BCUT2D eigenvalue weighted by Crippen LogP contribution is -2.56. The summed E-state index contributed by atoms with van der Waals surface area (Å²) >= 11 is 0. The van der Waals surface area contributed by atoms with Gasteiger partial charge in [-0.2, -0.15) is 0 Å². The molecular formula is C11H22N2O. The van der Waals surface area contributed by atoms with Gasteiger partial charge >= 0.3 is 0 Å². The van der Waals surface area contributed by atoms with Gasteiger partial charge in [0.05, 0.1) is 5.54 Å². The number of carbonyl (C=O) groups is 1. The topological polar surface area (TPSA) is 69.1 Å².